The first-order valence-corrected chi connectivity index (χ1v) is 16.2. The second-order valence-electron chi connectivity index (χ2n) is 10.3. The summed E-state index contributed by atoms with van der Waals surface area (Å²) in [6, 6.07) is 1.60. The van der Waals surface area contributed by atoms with Crippen molar-refractivity contribution >= 4 is 67.8 Å². The summed E-state index contributed by atoms with van der Waals surface area (Å²) in [5, 5.41) is 36.5. The summed E-state index contributed by atoms with van der Waals surface area (Å²) in [5.41, 5.74) is 16.2. The van der Waals surface area contributed by atoms with Gasteiger partial charge in [0.05, 0.1) is 35.4 Å². The van der Waals surface area contributed by atoms with Crippen LogP contribution in [0.5, 0.6) is 0 Å². The standard InChI is InChI=1S/C28H32N14O4S2/c1-6-8-15-22(33-35-26-20(17(44)11-43)13(3)39-47-26)24(29)41(37-15)18-10-19(32-12-31-18)42-25(30)23(16(38-42)9-7-2)34-36-27-21(28(45)46-5)14(4)40-48-27/h10,12,43H,6-9,11,29-30H2,1-5H3/b35-33+,36-34+. The van der Waals surface area contributed by atoms with Crippen LogP contribution in [0.1, 0.15) is 70.2 Å². The molecule has 0 bridgehead atoms. The number of Topliss-reactive ketones (excluding diaryl/α,β-unsaturated/α-hetero) is 1. The number of aromatic nitrogens is 8. The Labute approximate surface area is 281 Å². The molecule has 5 aromatic rings. The summed E-state index contributed by atoms with van der Waals surface area (Å²) < 4.78 is 16.1. The van der Waals surface area contributed by atoms with Crippen molar-refractivity contribution in [2.24, 2.45) is 20.5 Å². The van der Waals surface area contributed by atoms with E-state index in [-0.39, 0.29) is 32.8 Å². The second kappa shape index (κ2) is 14.6. The average molecular weight is 693 g/mol. The minimum atomic E-state index is -0.674. The molecule has 0 aliphatic carbocycles. The molecule has 250 valence electrons. The summed E-state index contributed by atoms with van der Waals surface area (Å²) in [6.07, 6.45) is 3.89. The number of nitrogens with zero attached hydrogens (tertiary/aromatic N) is 12. The van der Waals surface area contributed by atoms with E-state index in [1.807, 2.05) is 13.8 Å². The second-order valence-corrected chi connectivity index (χ2v) is 11.8. The van der Waals surface area contributed by atoms with Crippen molar-refractivity contribution in [3.63, 3.8) is 0 Å². The number of aryl methyl sites for hydroxylation is 4. The number of methoxy groups -OCH3 is 1. The van der Waals surface area contributed by atoms with Gasteiger partial charge < -0.3 is 21.3 Å². The van der Waals surface area contributed by atoms with Crippen molar-refractivity contribution in [3.8, 4) is 11.6 Å². The van der Waals surface area contributed by atoms with Crippen LogP contribution in [0, 0.1) is 13.8 Å². The molecular weight excluding hydrogens is 661 g/mol. The quantitative estimate of drug-likeness (QED) is 0.0813. The maximum atomic E-state index is 12.3. The lowest BCUT2D eigenvalue weighted by molar-refractivity contribution is 0.0601. The number of azo groups is 2. The summed E-state index contributed by atoms with van der Waals surface area (Å²) in [6.45, 7) is 6.65. The number of carbonyl (C=O) groups excluding carboxylic acids is 2. The van der Waals surface area contributed by atoms with E-state index >= 15 is 0 Å². The summed E-state index contributed by atoms with van der Waals surface area (Å²) in [4.78, 5) is 33.3. The Morgan fingerprint density at radius 1 is 0.833 bits per heavy atom. The molecule has 0 aliphatic rings. The molecule has 18 nitrogen and oxygen atoms in total. The maximum absolute atomic E-state index is 12.3. The molecule has 5 aromatic heterocycles. The SMILES string of the molecule is CCCc1nn(-c2cc(-n3nc(CCC)c(/N=N/c4snc(C)c4C(=O)OC)c3N)ncn2)c(N)c1/N=N/c1snc(C)c1C(=O)CO. The molecule has 0 atom stereocenters. The number of nitrogen functional groups attached to an aromatic ring is 2. The van der Waals surface area contributed by atoms with E-state index in [1.165, 1.54) is 22.8 Å². The van der Waals surface area contributed by atoms with Crippen LogP contribution in [0.15, 0.2) is 32.9 Å². The molecule has 0 aromatic carbocycles. The number of anilines is 2. The van der Waals surface area contributed by atoms with Crippen LogP contribution < -0.4 is 11.5 Å². The van der Waals surface area contributed by atoms with Gasteiger partial charge in [-0.05, 0) is 49.8 Å². The normalized spacial score (nSPS) is 11.7. The monoisotopic (exact) mass is 692 g/mol. The Bertz CT molecular complexity index is 1900. The lowest BCUT2D eigenvalue weighted by atomic mass is 10.2. The van der Waals surface area contributed by atoms with E-state index in [2.05, 4.69) is 49.4 Å². The van der Waals surface area contributed by atoms with Crippen LogP contribution in [-0.4, -0.2) is 68.9 Å². The lowest BCUT2D eigenvalue weighted by Crippen LogP contribution is -2.09. The first kappa shape index (κ1) is 34.0. The molecule has 48 heavy (non-hydrogen) atoms. The molecule has 5 heterocycles. The lowest BCUT2D eigenvalue weighted by Gasteiger charge is -2.06. The van der Waals surface area contributed by atoms with Gasteiger partial charge in [0.2, 0.25) is 0 Å². The van der Waals surface area contributed by atoms with Gasteiger partial charge in [-0.1, -0.05) is 26.7 Å². The molecule has 0 amide bonds. The van der Waals surface area contributed by atoms with Crippen LogP contribution in [-0.2, 0) is 17.6 Å². The molecule has 0 fully saturated rings. The third-order valence-electron chi connectivity index (χ3n) is 6.96. The van der Waals surface area contributed by atoms with E-state index in [0.29, 0.717) is 58.6 Å². The van der Waals surface area contributed by atoms with Gasteiger partial charge in [0.15, 0.2) is 50.4 Å². The topological polar surface area (TPSA) is 252 Å². The van der Waals surface area contributed by atoms with Gasteiger partial charge in [-0.2, -0.15) is 28.3 Å². The molecule has 0 unspecified atom stereocenters. The van der Waals surface area contributed by atoms with Crippen molar-refractivity contribution in [2.45, 2.75) is 53.4 Å². The molecule has 0 radical (unpaired) electrons. The molecule has 0 saturated heterocycles. The van der Waals surface area contributed by atoms with E-state index in [9.17, 15) is 14.7 Å². The number of carbonyl (C=O) groups is 2. The van der Waals surface area contributed by atoms with Crippen LogP contribution >= 0.6 is 23.1 Å². The zero-order valence-electron chi connectivity index (χ0n) is 26.7. The van der Waals surface area contributed by atoms with E-state index < -0.39 is 18.4 Å². The van der Waals surface area contributed by atoms with Gasteiger partial charge in [0, 0.05) is 6.07 Å². The van der Waals surface area contributed by atoms with Crippen LogP contribution in [0.2, 0.25) is 0 Å². The summed E-state index contributed by atoms with van der Waals surface area (Å²) in [5.74, 6) is -0.141. The number of rotatable bonds is 13. The number of nitrogens with two attached hydrogens (primary N) is 2. The highest BCUT2D eigenvalue weighted by atomic mass is 32.1. The van der Waals surface area contributed by atoms with Crippen molar-refractivity contribution in [1.29, 1.82) is 0 Å². The fourth-order valence-electron chi connectivity index (χ4n) is 4.67. The molecule has 20 heteroatoms. The van der Waals surface area contributed by atoms with Crippen molar-refractivity contribution in [3.05, 3.63) is 46.3 Å². The van der Waals surface area contributed by atoms with Crippen LogP contribution in [0.25, 0.3) is 11.6 Å². The van der Waals surface area contributed by atoms with Gasteiger partial charge in [0.25, 0.3) is 0 Å². The van der Waals surface area contributed by atoms with Gasteiger partial charge >= 0.3 is 5.97 Å². The van der Waals surface area contributed by atoms with E-state index in [0.717, 1.165) is 35.9 Å². The number of ketones is 1. The van der Waals surface area contributed by atoms with Crippen molar-refractivity contribution in [1.82, 2.24) is 38.3 Å². The zero-order valence-corrected chi connectivity index (χ0v) is 28.3. The fourth-order valence-corrected chi connectivity index (χ4v) is 6.13. The zero-order chi connectivity index (χ0) is 34.5. The highest BCUT2D eigenvalue weighted by Gasteiger charge is 2.23. The minimum Gasteiger partial charge on any atom is -0.465 e. The fraction of sp³-hybridized carbons (Fsp3) is 0.357. The smallest absolute Gasteiger partial charge is 0.342 e. The highest BCUT2D eigenvalue weighted by molar-refractivity contribution is 7.10. The molecule has 0 spiro atoms. The Kier molecular flexibility index (Phi) is 10.4. The Hall–Kier alpha value is -5.34. The third kappa shape index (κ3) is 6.57. The Balaban J connectivity index is 1.53. The predicted molar refractivity (Wildman–Crippen MR) is 178 cm³/mol. The van der Waals surface area contributed by atoms with Crippen molar-refractivity contribution in [2.75, 3.05) is 25.2 Å². The van der Waals surface area contributed by atoms with Gasteiger partial charge in [-0.15, -0.1) is 20.5 Å². The summed E-state index contributed by atoms with van der Waals surface area (Å²) in [7, 11) is 1.28. The predicted octanol–water partition coefficient (Wildman–Crippen LogP) is 5.24. The van der Waals surface area contributed by atoms with Crippen molar-refractivity contribution < 1.29 is 19.4 Å². The van der Waals surface area contributed by atoms with Gasteiger partial charge in [0.1, 0.15) is 18.5 Å². The molecule has 0 aliphatic heterocycles. The average Bonchev–Trinajstić information content (AvgIpc) is 3.82. The number of aliphatic hydroxyl groups is 1. The Morgan fingerprint density at radius 3 is 1.77 bits per heavy atom. The Morgan fingerprint density at radius 2 is 1.31 bits per heavy atom. The third-order valence-corrected chi connectivity index (χ3v) is 8.61. The largest absolute Gasteiger partial charge is 0.465 e. The first-order valence-electron chi connectivity index (χ1n) is 14.7. The number of ether oxygens (including phenoxy) is 1. The summed E-state index contributed by atoms with van der Waals surface area (Å²) >= 11 is 2.01. The maximum Gasteiger partial charge on any atom is 0.342 e. The highest BCUT2D eigenvalue weighted by Crippen LogP contribution is 2.36. The number of hydrogen-bond donors (Lipinski definition) is 3. The first-order chi connectivity index (χ1) is 23.1. The molecule has 5 N–H and O–H groups in total. The number of aliphatic hydroxyl groups excluding tert-OH is 1. The van der Waals surface area contributed by atoms with E-state index in [1.54, 1.807) is 19.9 Å². The molecule has 0 saturated carbocycles. The van der Waals surface area contributed by atoms with Gasteiger partial charge in [-0.3, -0.25) is 4.79 Å². The van der Waals surface area contributed by atoms with Crippen LogP contribution in [0.4, 0.5) is 33.0 Å². The van der Waals surface area contributed by atoms with Crippen LogP contribution in [0.3, 0.4) is 0 Å². The minimum absolute atomic E-state index is 0.152. The van der Waals surface area contributed by atoms with E-state index in [4.69, 9.17) is 16.2 Å². The number of hydrogen-bond acceptors (Lipinski definition) is 18. The molecular formula is C28H32N14O4S2. The molecule has 5 rings (SSSR count). The van der Waals surface area contributed by atoms with Gasteiger partial charge in [-0.25, -0.2) is 14.8 Å². The number of esters is 1.